The quantitative estimate of drug-likeness (QED) is 0.513. The number of carbonyl (C=O) groups excluding carboxylic acids is 4. The molecule has 0 saturated carbocycles. The minimum absolute atomic E-state index is 0.0619. The minimum Gasteiger partial charge on any atom is -0.348 e. The summed E-state index contributed by atoms with van der Waals surface area (Å²) in [4.78, 5) is 43.9. The van der Waals surface area contributed by atoms with Crippen LogP contribution in [0.4, 0.5) is 0 Å². The van der Waals surface area contributed by atoms with Crippen molar-refractivity contribution in [2.24, 2.45) is 0 Å². The molecule has 0 aliphatic carbocycles. The second-order valence-electron chi connectivity index (χ2n) is 5.22. The minimum atomic E-state index is -0.475. The summed E-state index contributed by atoms with van der Waals surface area (Å²) in [5.74, 6) is -1.42. The van der Waals surface area contributed by atoms with E-state index in [9.17, 15) is 19.2 Å². The van der Waals surface area contributed by atoms with Gasteiger partial charge in [-0.2, -0.15) is 0 Å². The zero-order valence-electron chi connectivity index (χ0n) is 16.8. The van der Waals surface area contributed by atoms with Gasteiger partial charge in [0.15, 0.2) is 0 Å². The van der Waals surface area contributed by atoms with Gasteiger partial charge in [-0.3, -0.25) is 19.2 Å². The van der Waals surface area contributed by atoms with Crippen molar-refractivity contribution < 1.29 is 19.2 Å². The molecule has 0 heterocycles. The molecule has 4 N–H and O–H groups in total. The Balaban J connectivity index is 0. The largest absolute Gasteiger partial charge is 0.348 e. The van der Waals surface area contributed by atoms with E-state index in [-0.39, 0.29) is 37.9 Å². The Bertz CT molecular complexity index is 562. The van der Waals surface area contributed by atoms with Gasteiger partial charge in [0.1, 0.15) is 5.78 Å². The zero-order chi connectivity index (χ0) is 21.1. The lowest BCUT2D eigenvalue weighted by molar-refractivity contribution is -0.128. The Morgan fingerprint density at radius 1 is 0.741 bits per heavy atom. The molecule has 0 fully saturated rings. The fourth-order valence-electron chi connectivity index (χ4n) is 1.46. The van der Waals surface area contributed by atoms with Gasteiger partial charge in [-0.05, 0) is 20.9 Å². The third-order valence-corrected chi connectivity index (χ3v) is 2.70. The maximum absolute atomic E-state index is 11.2. The monoisotopic (exact) mass is 380 g/mol. The van der Waals surface area contributed by atoms with Crippen LogP contribution in [0.2, 0.25) is 0 Å². The van der Waals surface area contributed by atoms with E-state index in [2.05, 4.69) is 40.3 Å². The van der Waals surface area contributed by atoms with Crippen LogP contribution in [0.15, 0.2) is 30.3 Å². The van der Waals surface area contributed by atoms with E-state index in [1.54, 1.807) is 7.05 Å². The molecule has 152 valence electrons. The molecule has 0 spiro atoms. The van der Waals surface area contributed by atoms with Gasteiger partial charge < -0.3 is 21.3 Å². The summed E-state index contributed by atoms with van der Waals surface area (Å²) in [6.07, 6.45) is 0. The van der Waals surface area contributed by atoms with Gasteiger partial charge in [0.2, 0.25) is 17.7 Å². The first-order chi connectivity index (χ1) is 12.8. The first-order valence-corrected chi connectivity index (χ1v) is 8.81. The number of nitrogens with one attached hydrogen (secondary N) is 4. The molecule has 8 heteroatoms. The highest BCUT2D eigenvalue weighted by atomic mass is 16.2. The van der Waals surface area contributed by atoms with Crippen LogP contribution in [-0.2, 0) is 19.2 Å². The van der Waals surface area contributed by atoms with Crippen LogP contribution in [0, 0.1) is 6.92 Å². The molecule has 1 aromatic rings. The van der Waals surface area contributed by atoms with E-state index in [0.29, 0.717) is 0 Å². The lowest BCUT2D eigenvalue weighted by Crippen LogP contribution is -2.44. The van der Waals surface area contributed by atoms with E-state index in [4.69, 9.17) is 0 Å². The van der Waals surface area contributed by atoms with E-state index < -0.39 is 11.8 Å². The van der Waals surface area contributed by atoms with Gasteiger partial charge in [-0.25, -0.2) is 0 Å². The second kappa shape index (κ2) is 18.1. The van der Waals surface area contributed by atoms with Crippen molar-refractivity contribution in [1.29, 1.82) is 0 Å². The fraction of sp³-hybridized carbons (Fsp3) is 0.474. The van der Waals surface area contributed by atoms with Crippen molar-refractivity contribution in [1.82, 2.24) is 21.3 Å². The summed E-state index contributed by atoms with van der Waals surface area (Å²) in [6.45, 7) is 7.06. The number of carbonyl (C=O) groups is 4. The molecule has 8 nitrogen and oxygen atoms in total. The molecule has 0 aromatic heterocycles. The van der Waals surface area contributed by atoms with Crippen LogP contribution in [-0.4, -0.2) is 56.7 Å². The smallest absolute Gasteiger partial charge is 0.239 e. The molecule has 0 atom stereocenters. The first-order valence-electron chi connectivity index (χ1n) is 8.81. The number of ketones is 1. The van der Waals surface area contributed by atoms with Crippen LogP contribution in [0.1, 0.15) is 26.3 Å². The van der Waals surface area contributed by atoms with Gasteiger partial charge in [0, 0.05) is 0 Å². The molecule has 3 amide bonds. The number of Topliss-reactive ketones (excluding diaryl/α,β-unsaturated/α-hetero) is 1. The zero-order valence-corrected chi connectivity index (χ0v) is 16.8. The van der Waals surface area contributed by atoms with E-state index in [1.165, 1.54) is 12.5 Å². The molecule has 1 aromatic carbocycles. The Kier molecular flexibility index (Phi) is 17.7. The van der Waals surface area contributed by atoms with Crippen molar-refractivity contribution in [3.05, 3.63) is 35.9 Å². The van der Waals surface area contributed by atoms with Crippen LogP contribution in [0.25, 0.3) is 0 Å². The van der Waals surface area contributed by atoms with Crippen molar-refractivity contribution in [2.45, 2.75) is 27.7 Å². The van der Waals surface area contributed by atoms with Gasteiger partial charge >= 0.3 is 0 Å². The highest BCUT2D eigenvalue weighted by Crippen LogP contribution is 1.92. The Hall–Kier alpha value is -2.74. The third-order valence-electron chi connectivity index (χ3n) is 2.70. The second-order valence-corrected chi connectivity index (χ2v) is 5.22. The predicted octanol–water partition coefficient (Wildman–Crippen LogP) is 0.165. The number of rotatable bonds is 8. The lowest BCUT2D eigenvalue weighted by atomic mass is 10.2. The third kappa shape index (κ3) is 19.4. The van der Waals surface area contributed by atoms with Crippen LogP contribution in [0.5, 0.6) is 0 Å². The summed E-state index contributed by atoms with van der Waals surface area (Å²) in [6, 6.07) is 10.3. The normalized spacial score (nSPS) is 8.78. The standard InChI is InChI=1S/C10H18N4O4.C7H8.C2H6/c1-7(15)3-12-9(17)5-14-10(18)6-13-8(16)4-11-2;1-7-5-3-2-4-6-7;1-2/h11H,3-6H2,1-2H3,(H,12,17)(H,13,16)(H,14,18);2-6H,1H3;1-2H3. The highest BCUT2D eigenvalue weighted by Gasteiger charge is 2.07. The maximum atomic E-state index is 11.2. The summed E-state index contributed by atoms with van der Waals surface area (Å²) >= 11 is 0. The number of benzene rings is 1. The van der Waals surface area contributed by atoms with Crippen LogP contribution in [0.3, 0.4) is 0 Å². The Morgan fingerprint density at radius 2 is 1.15 bits per heavy atom. The first kappa shape index (κ1) is 26.5. The summed E-state index contributed by atoms with van der Waals surface area (Å²) in [7, 11) is 1.61. The molecule has 0 aliphatic heterocycles. The molecule has 1 rings (SSSR count). The number of amides is 3. The van der Waals surface area contributed by atoms with Gasteiger partial charge in [-0.15, -0.1) is 0 Å². The van der Waals surface area contributed by atoms with Crippen molar-refractivity contribution in [2.75, 3.05) is 33.2 Å². The average molecular weight is 380 g/mol. The molecule has 0 bridgehead atoms. The molecule has 0 radical (unpaired) electrons. The van der Waals surface area contributed by atoms with Crippen molar-refractivity contribution in [3.8, 4) is 0 Å². The molecular weight excluding hydrogens is 348 g/mol. The topological polar surface area (TPSA) is 116 Å². The molecule has 0 aliphatic rings. The van der Waals surface area contributed by atoms with E-state index >= 15 is 0 Å². The van der Waals surface area contributed by atoms with Gasteiger partial charge in [-0.1, -0.05) is 49.7 Å². The molecule has 27 heavy (non-hydrogen) atoms. The summed E-state index contributed by atoms with van der Waals surface area (Å²) in [5, 5.41) is 9.62. The highest BCUT2D eigenvalue weighted by molar-refractivity contribution is 5.90. The van der Waals surface area contributed by atoms with Crippen LogP contribution >= 0.6 is 0 Å². The number of hydrogen-bond donors (Lipinski definition) is 4. The maximum Gasteiger partial charge on any atom is 0.239 e. The SMILES string of the molecule is CC.CNCC(=O)NCC(=O)NCC(=O)NCC(C)=O.Cc1ccccc1. The fourth-order valence-corrected chi connectivity index (χ4v) is 1.46. The molecule has 0 unspecified atom stereocenters. The number of hydrogen-bond acceptors (Lipinski definition) is 5. The van der Waals surface area contributed by atoms with Gasteiger partial charge in [0.05, 0.1) is 26.2 Å². The van der Waals surface area contributed by atoms with E-state index in [0.717, 1.165) is 0 Å². The molecular formula is C19H32N4O4. The number of likely N-dealkylation sites (N-methyl/N-ethyl adjacent to an activating group) is 1. The van der Waals surface area contributed by atoms with Crippen molar-refractivity contribution in [3.63, 3.8) is 0 Å². The predicted molar refractivity (Wildman–Crippen MR) is 106 cm³/mol. The van der Waals surface area contributed by atoms with E-state index in [1.807, 2.05) is 32.0 Å². The lowest BCUT2D eigenvalue weighted by Gasteiger charge is -2.06. The summed E-state index contributed by atoms with van der Waals surface area (Å²) in [5.41, 5.74) is 1.32. The van der Waals surface area contributed by atoms with Crippen LogP contribution < -0.4 is 21.3 Å². The number of aryl methyl sites for hydroxylation is 1. The Morgan fingerprint density at radius 3 is 1.48 bits per heavy atom. The Labute approximate surface area is 161 Å². The molecule has 0 saturated heterocycles. The van der Waals surface area contributed by atoms with Crippen molar-refractivity contribution >= 4 is 23.5 Å². The van der Waals surface area contributed by atoms with Gasteiger partial charge in [0.25, 0.3) is 0 Å². The summed E-state index contributed by atoms with van der Waals surface area (Å²) < 4.78 is 0. The average Bonchev–Trinajstić information content (AvgIpc) is 2.66.